The van der Waals surface area contributed by atoms with Crippen molar-refractivity contribution in [3.05, 3.63) is 48.9 Å². The summed E-state index contributed by atoms with van der Waals surface area (Å²) >= 11 is 0. The lowest BCUT2D eigenvalue weighted by atomic mass is 10.1. The molecule has 0 atom stereocenters. The van der Waals surface area contributed by atoms with Crippen LogP contribution in [0.5, 0.6) is 5.75 Å². The third-order valence-electron chi connectivity index (χ3n) is 2.66. The predicted molar refractivity (Wildman–Crippen MR) is 63.2 cm³/mol. The van der Waals surface area contributed by atoms with Crippen LogP contribution in [0.3, 0.4) is 0 Å². The zero-order valence-electron chi connectivity index (χ0n) is 8.51. The standard InChI is InChI=1S/C13H10N2O/c16-10-1-2-13-11(7-10)12(8-15-13)9-3-5-14-6-4-9/h1-8,15-16H. The fourth-order valence-corrected chi connectivity index (χ4v) is 1.88. The van der Waals surface area contributed by atoms with Crippen molar-refractivity contribution in [1.29, 1.82) is 0 Å². The Hall–Kier alpha value is -2.29. The van der Waals surface area contributed by atoms with Crippen molar-refractivity contribution in [3.63, 3.8) is 0 Å². The molecule has 0 amide bonds. The van der Waals surface area contributed by atoms with Gasteiger partial charge in [-0.2, -0.15) is 0 Å². The summed E-state index contributed by atoms with van der Waals surface area (Å²) in [6, 6.07) is 9.21. The molecular weight excluding hydrogens is 200 g/mol. The van der Waals surface area contributed by atoms with Crippen LogP contribution in [0.15, 0.2) is 48.9 Å². The van der Waals surface area contributed by atoms with Crippen LogP contribution in [0, 0.1) is 0 Å². The Balaban J connectivity index is 2.29. The summed E-state index contributed by atoms with van der Waals surface area (Å²) in [4.78, 5) is 7.18. The van der Waals surface area contributed by atoms with Gasteiger partial charge in [0.15, 0.2) is 0 Å². The summed E-state index contributed by atoms with van der Waals surface area (Å²) in [5.41, 5.74) is 3.18. The highest BCUT2D eigenvalue weighted by molar-refractivity contribution is 5.96. The number of rotatable bonds is 1. The normalized spacial score (nSPS) is 10.8. The number of phenols is 1. The molecule has 2 aromatic heterocycles. The maximum absolute atomic E-state index is 9.49. The maximum Gasteiger partial charge on any atom is 0.116 e. The summed E-state index contributed by atoms with van der Waals surface area (Å²) in [5, 5.41) is 10.5. The quantitative estimate of drug-likeness (QED) is 0.648. The second-order valence-corrected chi connectivity index (χ2v) is 3.67. The van der Waals surface area contributed by atoms with Crippen molar-refractivity contribution in [3.8, 4) is 16.9 Å². The van der Waals surface area contributed by atoms with E-state index in [1.165, 1.54) is 0 Å². The molecular formula is C13H10N2O. The molecule has 3 aromatic rings. The van der Waals surface area contributed by atoms with Crippen LogP contribution in [0.4, 0.5) is 0 Å². The van der Waals surface area contributed by atoms with E-state index >= 15 is 0 Å². The minimum Gasteiger partial charge on any atom is -0.508 e. The molecule has 0 aliphatic heterocycles. The van der Waals surface area contributed by atoms with Gasteiger partial charge in [0.2, 0.25) is 0 Å². The number of aromatic hydroxyl groups is 1. The highest BCUT2D eigenvalue weighted by Crippen LogP contribution is 2.30. The van der Waals surface area contributed by atoms with Crippen LogP contribution in [-0.4, -0.2) is 15.1 Å². The zero-order chi connectivity index (χ0) is 11.0. The fraction of sp³-hybridized carbons (Fsp3) is 0. The average molecular weight is 210 g/mol. The van der Waals surface area contributed by atoms with E-state index in [4.69, 9.17) is 0 Å². The number of hydrogen-bond donors (Lipinski definition) is 2. The van der Waals surface area contributed by atoms with Gasteiger partial charge >= 0.3 is 0 Å². The van der Waals surface area contributed by atoms with Gasteiger partial charge in [-0.1, -0.05) is 0 Å². The Labute approximate surface area is 92.4 Å². The van der Waals surface area contributed by atoms with E-state index in [0.29, 0.717) is 0 Å². The molecule has 0 bridgehead atoms. The molecule has 16 heavy (non-hydrogen) atoms. The van der Waals surface area contributed by atoms with Crippen molar-refractivity contribution in [2.75, 3.05) is 0 Å². The van der Waals surface area contributed by atoms with E-state index in [1.807, 2.05) is 24.4 Å². The lowest BCUT2D eigenvalue weighted by molar-refractivity contribution is 0.476. The topological polar surface area (TPSA) is 48.9 Å². The van der Waals surface area contributed by atoms with Crippen molar-refractivity contribution < 1.29 is 5.11 Å². The van der Waals surface area contributed by atoms with E-state index in [-0.39, 0.29) is 5.75 Å². The third-order valence-corrected chi connectivity index (χ3v) is 2.66. The van der Waals surface area contributed by atoms with Crippen LogP contribution in [0.1, 0.15) is 0 Å². The predicted octanol–water partition coefficient (Wildman–Crippen LogP) is 2.94. The molecule has 3 rings (SSSR count). The van der Waals surface area contributed by atoms with Gasteiger partial charge in [-0.25, -0.2) is 0 Å². The molecule has 3 heteroatoms. The number of nitrogens with zero attached hydrogens (tertiary/aromatic N) is 1. The summed E-state index contributed by atoms with van der Waals surface area (Å²) in [6.45, 7) is 0. The number of aromatic amines is 1. The van der Waals surface area contributed by atoms with Gasteiger partial charge in [-0.15, -0.1) is 0 Å². The van der Waals surface area contributed by atoms with Crippen molar-refractivity contribution in [1.82, 2.24) is 9.97 Å². The van der Waals surface area contributed by atoms with Crippen molar-refractivity contribution >= 4 is 10.9 Å². The van der Waals surface area contributed by atoms with E-state index in [0.717, 1.165) is 22.0 Å². The zero-order valence-corrected chi connectivity index (χ0v) is 8.51. The SMILES string of the molecule is Oc1ccc2[nH]cc(-c3ccncc3)c2c1. The average Bonchev–Trinajstić information content (AvgIpc) is 2.73. The number of aromatic nitrogens is 2. The number of phenolic OH excluding ortho intramolecular Hbond substituents is 1. The second kappa shape index (κ2) is 3.38. The molecule has 0 radical (unpaired) electrons. The maximum atomic E-state index is 9.49. The van der Waals surface area contributed by atoms with Gasteiger partial charge < -0.3 is 10.1 Å². The van der Waals surface area contributed by atoms with Crippen LogP contribution in [-0.2, 0) is 0 Å². The van der Waals surface area contributed by atoms with Crippen LogP contribution in [0.25, 0.3) is 22.0 Å². The highest BCUT2D eigenvalue weighted by Gasteiger charge is 2.05. The molecule has 0 unspecified atom stereocenters. The van der Waals surface area contributed by atoms with Gasteiger partial charge in [-0.3, -0.25) is 4.98 Å². The molecule has 2 heterocycles. The van der Waals surface area contributed by atoms with Gasteiger partial charge in [0, 0.05) is 35.1 Å². The number of benzene rings is 1. The first-order chi connectivity index (χ1) is 7.84. The van der Waals surface area contributed by atoms with Gasteiger partial charge in [0.05, 0.1) is 0 Å². The Morgan fingerprint density at radius 3 is 2.69 bits per heavy atom. The Morgan fingerprint density at radius 1 is 1.06 bits per heavy atom. The largest absolute Gasteiger partial charge is 0.508 e. The van der Waals surface area contributed by atoms with E-state index in [9.17, 15) is 5.11 Å². The first kappa shape index (κ1) is 8.97. The summed E-state index contributed by atoms with van der Waals surface area (Å²) in [7, 11) is 0. The minimum absolute atomic E-state index is 0.280. The lowest BCUT2D eigenvalue weighted by Crippen LogP contribution is -1.76. The fourth-order valence-electron chi connectivity index (χ4n) is 1.88. The van der Waals surface area contributed by atoms with Crippen molar-refractivity contribution in [2.24, 2.45) is 0 Å². The smallest absolute Gasteiger partial charge is 0.116 e. The van der Waals surface area contributed by atoms with E-state index in [2.05, 4.69) is 9.97 Å². The number of pyridine rings is 1. The number of fused-ring (bicyclic) bond motifs is 1. The molecule has 0 aliphatic carbocycles. The Bertz CT molecular complexity index is 629. The molecule has 0 aliphatic rings. The van der Waals surface area contributed by atoms with E-state index < -0.39 is 0 Å². The molecule has 0 spiro atoms. The molecule has 0 saturated heterocycles. The molecule has 2 N–H and O–H groups in total. The molecule has 1 aromatic carbocycles. The first-order valence-electron chi connectivity index (χ1n) is 5.05. The van der Waals surface area contributed by atoms with Crippen LogP contribution >= 0.6 is 0 Å². The van der Waals surface area contributed by atoms with Crippen LogP contribution in [0.2, 0.25) is 0 Å². The van der Waals surface area contributed by atoms with Gasteiger partial charge in [0.25, 0.3) is 0 Å². The van der Waals surface area contributed by atoms with Gasteiger partial charge in [-0.05, 0) is 35.9 Å². The van der Waals surface area contributed by atoms with Crippen molar-refractivity contribution in [2.45, 2.75) is 0 Å². The second-order valence-electron chi connectivity index (χ2n) is 3.67. The lowest BCUT2D eigenvalue weighted by Gasteiger charge is -1.98. The molecule has 0 saturated carbocycles. The summed E-state index contributed by atoms with van der Waals surface area (Å²) in [5.74, 6) is 0.280. The highest BCUT2D eigenvalue weighted by atomic mass is 16.3. The molecule has 78 valence electrons. The van der Waals surface area contributed by atoms with Gasteiger partial charge in [0.1, 0.15) is 5.75 Å². The Kier molecular flexibility index (Phi) is 1.90. The van der Waals surface area contributed by atoms with Crippen LogP contribution < -0.4 is 0 Å². The Morgan fingerprint density at radius 2 is 1.88 bits per heavy atom. The number of H-pyrrole nitrogens is 1. The van der Waals surface area contributed by atoms with E-state index in [1.54, 1.807) is 24.5 Å². The monoisotopic (exact) mass is 210 g/mol. The third kappa shape index (κ3) is 1.34. The first-order valence-corrected chi connectivity index (χ1v) is 5.05. The summed E-state index contributed by atoms with van der Waals surface area (Å²) < 4.78 is 0. The molecule has 3 nitrogen and oxygen atoms in total. The number of hydrogen-bond acceptors (Lipinski definition) is 2. The minimum atomic E-state index is 0.280. The number of nitrogens with one attached hydrogen (secondary N) is 1. The summed E-state index contributed by atoms with van der Waals surface area (Å²) in [6.07, 6.45) is 5.47. The molecule has 0 fully saturated rings.